The van der Waals surface area contributed by atoms with Crippen molar-refractivity contribution in [3.05, 3.63) is 65.5 Å². The topological polar surface area (TPSA) is 81.6 Å². The van der Waals surface area contributed by atoms with E-state index in [1.807, 2.05) is 6.07 Å². The van der Waals surface area contributed by atoms with Gasteiger partial charge in [-0.05, 0) is 41.8 Å². The van der Waals surface area contributed by atoms with Gasteiger partial charge in [-0.2, -0.15) is 0 Å². The third-order valence-electron chi connectivity index (χ3n) is 3.32. The molecule has 0 heterocycles. The van der Waals surface area contributed by atoms with Crippen LogP contribution in [0.25, 0.3) is 0 Å². The Balaban J connectivity index is 1.69. The third-order valence-corrected chi connectivity index (χ3v) is 3.32. The maximum Gasteiger partial charge on any atom is 0.314 e. The van der Waals surface area contributed by atoms with E-state index in [0.717, 1.165) is 5.56 Å². The number of rotatable bonds is 6. The number of nitrogens with one attached hydrogen (secondary N) is 2. The summed E-state index contributed by atoms with van der Waals surface area (Å²) >= 11 is 0. The van der Waals surface area contributed by atoms with Crippen molar-refractivity contribution in [3.63, 3.8) is 0 Å². The van der Waals surface area contributed by atoms with Crippen molar-refractivity contribution in [2.45, 2.75) is 12.5 Å². The number of amides is 2. The second-order valence-electron chi connectivity index (χ2n) is 5.12. The molecule has 4 N–H and O–H groups in total. The molecule has 0 saturated heterocycles. The number of benzene rings is 2. The van der Waals surface area contributed by atoms with Gasteiger partial charge in [0.1, 0.15) is 11.6 Å². The maximum atomic E-state index is 12.8. The fourth-order valence-electron chi connectivity index (χ4n) is 2.09. The second-order valence-corrected chi connectivity index (χ2v) is 5.12. The number of phenols is 1. The zero-order valence-corrected chi connectivity index (χ0v) is 12.5. The highest BCUT2D eigenvalue weighted by Crippen LogP contribution is 2.12. The summed E-state index contributed by atoms with van der Waals surface area (Å²) in [5.41, 5.74) is 1.45. The van der Waals surface area contributed by atoms with Crippen molar-refractivity contribution in [3.8, 4) is 5.75 Å². The SMILES string of the molecule is O=C(NCCc1cccc(O)c1)NCC(O)c1ccc(F)cc1. The molecule has 0 aliphatic carbocycles. The lowest BCUT2D eigenvalue weighted by atomic mass is 10.1. The van der Waals surface area contributed by atoms with E-state index in [4.69, 9.17) is 0 Å². The molecule has 2 amide bonds. The third kappa shape index (κ3) is 5.60. The van der Waals surface area contributed by atoms with E-state index in [0.29, 0.717) is 18.5 Å². The smallest absolute Gasteiger partial charge is 0.314 e. The summed E-state index contributed by atoms with van der Waals surface area (Å²) in [6, 6.07) is 11.9. The number of hydrogen-bond acceptors (Lipinski definition) is 3. The molecule has 0 aromatic heterocycles. The number of aromatic hydroxyl groups is 1. The maximum absolute atomic E-state index is 12.8. The van der Waals surface area contributed by atoms with Gasteiger partial charge in [-0.15, -0.1) is 0 Å². The summed E-state index contributed by atoms with van der Waals surface area (Å²) < 4.78 is 12.8. The van der Waals surface area contributed by atoms with Gasteiger partial charge < -0.3 is 20.8 Å². The van der Waals surface area contributed by atoms with Crippen LogP contribution < -0.4 is 10.6 Å². The Morgan fingerprint density at radius 1 is 1.13 bits per heavy atom. The normalized spacial score (nSPS) is 11.7. The molecule has 122 valence electrons. The van der Waals surface area contributed by atoms with Crippen LogP contribution in [0.15, 0.2) is 48.5 Å². The highest BCUT2D eigenvalue weighted by atomic mass is 19.1. The van der Waals surface area contributed by atoms with E-state index in [1.165, 1.54) is 24.3 Å². The summed E-state index contributed by atoms with van der Waals surface area (Å²) in [4.78, 5) is 11.6. The molecule has 0 aliphatic rings. The summed E-state index contributed by atoms with van der Waals surface area (Å²) in [5, 5.41) is 24.5. The molecule has 0 radical (unpaired) electrons. The Hall–Kier alpha value is -2.60. The van der Waals surface area contributed by atoms with Gasteiger partial charge in [0, 0.05) is 13.1 Å². The van der Waals surface area contributed by atoms with Crippen LogP contribution in [0, 0.1) is 5.82 Å². The highest BCUT2D eigenvalue weighted by Gasteiger charge is 2.09. The molecule has 6 heteroatoms. The molecule has 0 saturated carbocycles. The number of halogens is 1. The van der Waals surface area contributed by atoms with Gasteiger partial charge in [-0.3, -0.25) is 0 Å². The minimum absolute atomic E-state index is 0.0313. The largest absolute Gasteiger partial charge is 0.508 e. The molecule has 2 aromatic carbocycles. The molecule has 5 nitrogen and oxygen atoms in total. The van der Waals surface area contributed by atoms with Crippen LogP contribution in [0.2, 0.25) is 0 Å². The standard InChI is InChI=1S/C17H19FN2O3/c18-14-6-4-13(5-7-14)16(22)11-20-17(23)19-9-8-12-2-1-3-15(21)10-12/h1-7,10,16,21-22H,8-9,11H2,(H2,19,20,23). The predicted molar refractivity (Wildman–Crippen MR) is 84.6 cm³/mol. The first-order valence-corrected chi connectivity index (χ1v) is 7.28. The number of phenolic OH excluding ortho intramolecular Hbond substituents is 1. The Labute approximate surface area is 133 Å². The molecule has 1 atom stereocenters. The van der Waals surface area contributed by atoms with Crippen LogP contribution in [0.5, 0.6) is 5.75 Å². The van der Waals surface area contributed by atoms with Crippen LogP contribution >= 0.6 is 0 Å². The van der Waals surface area contributed by atoms with Crippen LogP contribution in [0.3, 0.4) is 0 Å². The highest BCUT2D eigenvalue weighted by molar-refractivity contribution is 5.73. The Morgan fingerprint density at radius 3 is 2.57 bits per heavy atom. The van der Waals surface area contributed by atoms with Gasteiger partial charge >= 0.3 is 6.03 Å². The summed E-state index contributed by atoms with van der Waals surface area (Å²) in [7, 11) is 0. The Morgan fingerprint density at radius 2 is 1.87 bits per heavy atom. The zero-order chi connectivity index (χ0) is 16.7. The molecule has 1 unspecified atom stereocenters. The lowest BCUT2D eigenvalue weighted by Gasteiger charge is -2.13. The van der Waals surface area contributed by atoms with Crippen LogP contribution in [0.1, 0.15) is 17.2 Å². The Kier molecular flexibility index (Phi) is 5.94. The lowest BCUT2D eigenvalue weighted by Crippen LogP contribution is -2.38. The van der Waals surface area contributed by atoms with E-state index in [9.17, 15) is 19.4 Å². The molecule has 2 rings (SSSR count). The number of urea groups is 1. The number of hydrogen-bond donors (Lipinski definition) is 4. The van der Waals surface area contributed by atoms with Gasteiger partial charge in [-0.25, -0.2) is 9.18 Å². The van der Waals surface area contributed by atoms with Gasteiger partial charge in [0.25, 0.3) is 0 Å². The molecular formula is C17H19FN2O3. The number of carbonyl (C=O) groups is 1. The average Bonchev–Trinajstić information content (AvgIpc) is 2.53. The average molecular weight is 318 g/mol. The lowest BCUT2D eigenvalue weighted by molar-refractivity contribution is 0.173. The first-order valence-electron chi connectivity index (χ1n) is 7.28. The summed E-state index contributed by atoms with van der Waals surface area (Å²) in [5.74, 6) is -0.187. The van der Waals surface area contributed by atoms with Crippen LogP contribution in [-0.4, -0.2) is 29.3 Å². The predicted octanol–water partition coefficient (Wildman–Crippen LogP) is 2.11. The minimum atomic E-state index is -0.896. The number of carbonyl (C=O) groups excluding carboxylic acids is 1. The van der Waals surface area contributed by atoms with Crippen molar-refractivity contribution in [2.24, 2.45) is 0 Å². The van der Waals surface area contributed by atoms with Crippen molar-refractivity contribution >= 4 is 6.03 Å². The van der Waals surface area contributed by atoms with Crippen LogP contribution in [-0.2, 0) is 6.42 Å². The summed E-state index contributed by atoms with van der Waals surface area (Å²) in [6.45, 7) is 0.436. The first-order chi connectivity index (χ1) is 11.0. The van der Waals surface area contributed by atoms with Crippen molar-refractivity contribution in [1.82, 2.24) is 10.6 Å². The fourth-order valence-corrected chi connectivity index (χ4v) is 2.09. The molecule has 2 aromatic rings. The van der Waals surface area contributed by atoms with E-state index >= 15 is 0 Å². The number of aliphatic hydroxyl groups is 1. The zero-order valence-electron chi connectivity index (χ0n) is 12.5. The fraction of sp³-hybridized carbons (Fsp3) is 0.235. The van der Waals surface area contributed by atoms with Crippen molar-refractivity contribution in [2.75, 3.05) is 13.1 Å². The van der Waals surface area contributed by atoms with Gasteiger partial charge in [0.15, 0.2) is 0 Å². The van der Waals surface area contributed by atoms with E-state index in [1.54, 1.807) is 18.2 Å². The monoisotopic (exact) mass is 318 g/mol. The van der Waals surface area contributed by atoms with Gasteiger partial charge in [0.05, 0.1) is 6.10 Å². The van der Waals surface area contributed by atoms with Crippen molar-refractivity contribution < 1.29 is 19.4 Å². The molecule has 23 heavy (non-hydrogen) atoms. The minimum Gasteiger partial charge on any atom is -0.508 e. The van der Waals surface area contributed by atoms with Crippen LogP contribution in [0.4, 0.5) is 9.18 Å². The van der Waals surface area contributed by atoms with E-state index in [-0.39, 0.29) is 18.1 Å². The summed E-state index contributed by atoms with van der Waals surface area (Å²) in [6.07, 6.45) is -0.310. The van der Waals surface area contributed by atoms with E-state index < -0.39 is 12.1 Å². The number of aliphatic hydroxyl groups excluding tert-OH is 1. The molecular weight excluding hydrogens is 299 g/mol. The molecule has 0 aliphatic heterocycles. The molecule has 0 fully saturated rings. The quantitative estimate of drug-likeness (QED) is 0.658. The van der Waals surface area contributed by atoms with Crippen molar-refractivity contribution in [1.29, 1.82) is 0 Å². The van der Waals surface area contributed by atoms with E-state index in [2.05, 4.69) is 10.6 Å². The Bertz CT molecular complexity index is 647. The van der Waals surface area contributed by atoms with Gasteiger partial charge in [-0.1, -0.05) is 24.3 Å². The molecule has 0 bridgehead atoms. The second kappa shape index (κ2) is 8.14. The van der Waals surface area contributed by atoms with Gasteiger partial charge in [0.2, 0.25) is 0 Å². The molecule has 0 spiro atoms. The first kappa shape index (κ1) is 16.8.